The van der Waals surface area contributed by atoms with Gasteiger partial charge in [0.05, 0.1) is 12.2 Å². The van der Waals surface area contributed by atoms with Crippen LogP contribution in [0.5, 0.6) is 0 Å². The van der Waals surface area contributed by atoms with Crippen LogP contribution >= 0.6 is 0 Å². The molecule has 17 heavy (non-hydrogen) atoms. The molecule has 1 aromatic rings. The van der Waals surface area contributed by atoms with Gasteiger partial charge in [0.25, 0.3) is 0 Å². The van der Waals surface area contributed by atoms with Crippen molar-refractivity contribution in [3.8, 4) is 0 Å². The van der Waals surface area contributed by atoms with Crippen LogP contribution in [0.1, 0.15) is 19.8 Å². The first-order chi connectivity index (χ1) is 8.40. The quantitative estimate of drug-likeness (QED) is 0.730. The highest BCUT2D eigenvalue weighted by Gasteiger charge is 2.15. The van der Waals surface area contributed by atoms with Crippen LogP contribution in [0, 0.1) is 0 Å². The van der Waals surface area contributed by atoms with Gasteiger partial charge in [-0.15, -0.1) is 0 Å². The average Bonchev–Trinajstić information content (AvgIpc) is 2.41. The second kappa shape index (κ2) is 6.26. The van der Waals surface area contributed by atoms with E-state index in [4.69, 9.17) is 4.84 Å². The molecule has 1 aromatic carbocycles. The van der Waals surface area contributed by atoms with E-state index in [1.54, 1.807) is 0 Å². The summed E-state index contributed by atoms with van der Waals surface area (Å²) in [4.78, 5) is 5.91. The first-order valence-electron chi connectivity index (χ1n) is 6.21. The molecule has 2 heteroatoms. The van der Waals surface area contributed by atoms with Crippen LogP contribution in [0.3, 0.4) is 0 Å². The first-order valence-corrected chi connectivity index (χ1v) is 6.21. The number of anilines is 1. The van der Waals surface area contributed by atoms with Crippen LogP contribution < -0.4 is 5.06 Å². The van der Waals surface area contributed by atoms with E-state index in [0.717, 1.165) is 25.1 Å². The Morgan fingerprint density at radius 1 is 1.29 bits per heavy atom. The van der Waals surface area contributed by atoms with Gasteiger partial charge in [-0.1, -0.05) is 49.4 Å². The van der Waals surface area contributed by atoms with E-state index in [9.17, 15) is 0 Å². The Bertz CT molecular complexity index is 383. The molecular weight excluding hydrogens is 210 g/mol. The third-order valence-electron chi connectivity index (χ3n) is 2.70. The molecular formula is C15H19NO. The van der Waals surface area contributed by atoms with Gasteiger partial charge in [0.2, 0.25) is 0 Å². The Morgan fingerprint density at radius 3 is 2.88 bits per heavy atom. The van der Waals surface area contributed by atoms with Crippen LogP contribution in [0.2, 0.25) is 0 Å². The standard InChI is InChI=1S/C15H19NO/c1-2-3-5-11-15-12-8-13-16(17-15)14-9-6-4-7-10-14/h3-10,12,15H,2,11,13H2,1H3/b5-3-/t15-/m0/s1. The van der Waals surface area contributed by atoms with Crippen LogP contribution in [0.4, 0.5) is 5.69 Å². The molecule has 0 aromatic heterocycles. The lowest BCUT2D eigenvalue weighted by molar-refractivity contribution is 0.0608. The molecule has 0 unspecified atom stereocenters. The maximum absolute atomic E-state index is 5.91. The minimum absolute atomic E-state index is 0.159. The number of nitrogens with zero attached hydrogens (tertiary/aromatic N) is 1. The van der Waals surface area contributed by atoms with Crippen molar-refractivity contribution in [1.29, 1.82) is 0 Å². The smallest absolute Gasteiger partial charge is 0.107 e. The molecule has 0 saturated carbocycles. The number of hydrogen-bond donors (Lipinski definition) is 0. The summed E-state index contributed by atoms with van der Waals surface area (Å²) in [5, 5.41) is 1.95. The maximum Gasteiger partial charge on any atom is 0.107 e. The molecule has 2 nitrogen and oxygen atoms in total. The van der Waals surface area contributed by atoms with E-state index in [0.29, 0.717) is 0 Å². The summed E-state index contributed by atoms with van der Waals surface area (Å²) >= 11 is 0. The summed E-state index contributed by atoms with van der Waals surface area (Å²) in [6, 6.07) is 10.2. The summed E-state index contributed by atoms with van der Waals surface area (Å²) in [7, 11) is 0. The monoisotopic (exact) mass is 229 g/mol. The molecule has 0 N–H and O–H groups in total. The van der Waals surface area contributed by atoms with Crippen molar-refractivity contribution in [3.63, 3.8) is 0 Å². The predicted molar refractivity (Wildman–Crippen MR) is 71.8 cm³/mol. The van der Waals surface area contributed by atoms with Crippen LogP contribution in [0.25, 0.3) is 0 Å². The summed E-state index contributed by atoms with van der Waals surface area (Å²) < 4.78 is 0. The van der Waals surface area contributed by atoms with Gasteiger partial charge < -0.3 is 0 Å². The van der Waals surface area contributed by atoms with Gasteiger partial charge in [-0.25, -0.2) is 5.06 Å². The Kier molecular flexibility index (Phi) is 4.39. The minimum atomic E-state index is 0.159. The van der Waals surface area contributed by atoms with Crippen LogP contribution in [-0.4, -0.2) is 12.6 Å². The van der Waals surface area contributed by atoms with Crippen molar-refractivity contribution in [2.24, 2.45) is 0 Å². The van der Waals surface area contributed by atoms with Crippen LogP contribution in [0.15, 0.2) is 54.6 Å². The lowest BCUT2D eigenvalue weighted by atomic mass is 10.2. The second-order valence-electron chi connectivity index (χ2n) is 4.08. The van der Waals surface area contributed by atoms with Crippen molar-refractivity contribution < 1.29 is 4.84 Å². The topological polar surface area (TPSA) is 12.5 Å². The predicted octanol–water partition coefficient (Wildman–Crippen LogP) is 3.72. The molecule has 0 bridgehead atoms. The van der Waals surface area contributed by atoms with E-state index < -0.39 is 0 Å². The van der Waals surface area contributed by atoms with E-state index in [1.807, 2.05) is 23.3 Å². The minimum Gasteiger partial charge on any atom is -0.265 e. The number of hydroxylamine groups is 1. The molecule has 0 aliphatic carbocycles. The Hall–Kier alpha value is -1.54. The first kappa shape index (κ1) is 11.9. The van der Waals surface area contributed by atoms with Gasteiger partial charge >= 0.3 is 0 Å². The number of para-hydroxylation sites is 1. The van der Waals surface area contributed by atoms with Gasteiger partial charge in [0, 0.05) is 0 Å². The zero-order valence-corrected chi connectivity index (χ0v) is 10.3. The highest BCUT2D eigenvalue weighted by Crippen LogP contribution is 2.19. The summed E-state index contributed by atoms with van der Waals surface area (Å²) in [6.07, 6.45) is 10.8. The SMILES string of the molecule is CC/C=C\C[C@H]1C=CCN(c2ccccc2)O1. The summed E-state index contributed by atoms with van der Waals surface area (Å²) in [5.74, 6) is 0. The van der Waals surface area contributed by atoms with Gasteiger partial charge in [-0.2, -0.15) is 0 Å². The molecule has 0 radical (unpaired) electrons. The molecule has 90 valence electrons. The molecule has 1 heterocycles. The highest BCUT2D eigenvalue weighted by molar-refractivity contribution is 5.44. The normalized spacial score (nSPS) is 20.1. The van der Waals surface area contributed by atoms with Gasteiger partial charge in [0.1, 0.15) is 6.10 Å². The lowest BCUT2D eigenvalue weighted by Gasteiger charge is -2.29. The molecule has 1 aliphatic rings. The zero-order chi connectivity index (χ0) is 11.9. The molecule has 0 amide bonds. The van der Waals surface area contributed by atoms with Crippen molar-refractivity contribution in [2.45, 2.75) is 25.9 Å². The van der Waals surface area contributed by atoms with Gasteiger partial charge in [-0.3, -0.25) is 4.84 Å². The van der Waals surface area contributed by atoms with E-state index in [1.165, 1.54) is 0 Å². The largest absolute Gasteiger partial charge is 0.265 e. The van der Waals surface area contributed by atoms with E-state index >= 15 is 0 Å². The fraction of sp³-hybridized carbons (Fsp3) is 0.333. The number of benzene rings is 1. The average molecular weight is 229 g/mol. The highest BCUT2D eigenvalue weighted by atomic mass is 16.7. The molecule has 0 spiro atoms. The Balaban J connectivity index is 1.95. The number of rotatable bonds is 4. The van der Waals surface area contributed by atoms with Crippen LogP contribution in [-0.2, 0) is 4.84 Å². The molecule has 0 saturated heterocycles. The second-order valence-corrected chi connectivity index (χ2v) is 4.08. The molecule has 0 fully saturated rings. The van der Waals surface area contributed by atoms with E-state index in [2.05, 4.69) is 43.4 Å². The lowest BCUT2D eigenvalue weighted by Crippen LogP contribution is -2.32. The summed E-state index contributed by atoms with van der Waals surface area (Å²) in [5.41, 5.74) is 1.11. The fourth-order valence-electron chi connectivity index (χ4n) is 1.83. The molecule has 2 rings (SSSR count). The third kappa shape index (κ3) is 3.46. The van der Waals surface area contributed by atoms with Crippen molar-refractivity contribution in [2.75, 3.05) is 11.6 Å². The molecule has 1 atom stereocenters. The van der Waals surface area contributed by atoms with Crippen molar-refractivity contribution >= 4 is 5.69 Å². The number of hydrogen-bond acceptors (Lipinski definition) is 2. The molecule has 1 aliphatic heterocycles. The maximum atomic E-state index is 5.91. The zero-order valence-electron chi connectivity index (χ0n) is 10.3. The van der Waals surface area contributed by atoms with Gasteiger partial charge in [0.15, 0.2) is 0 Å². The third-order valence-corrected chi connectivity index (χ3v) is 2.70. The van der Waals surface area contributed by atoms with Gasteiger partial charge in [-0.05, 0) is 25.0 Å². The Labute approximate surface area is 103 Å². The summed E-state index contributed by atoms with van der Waals surface area (Å²) in [6.45, 7) is 2.96. The Morgan fingerprint density at radius 2 is 2.12 bits per heavy atom. The fourth-order valence-corrected chi connectivity index (χ4v) is 1.83. The van der Waals surface area contributed by atoms with Crippen molar-refractivity contribution in [1.82, 2.24) is 0 Å². The number of allylic oxidation sites excluding steroid dienone is 1. The van der Waals surface area contributed by atoms with Crippen molar-refractivity contribution in [3.05, 3.63) is 54.6 Å². The van der Waals surface area contributed by atoms with E-state index in [-0.39, 0.29) is 6.10 Å².